The fraction of sp³-hybridized carbons (Fsp3) is 0.438. The minimum Gasteiger partial charge on any atom is -0.302 e. The molecule has 1 aromatic carbocycles. The third-order valence-electron chi connectivity index (χ3n) is 4.47. The van der Waals surface area contributed by atoms with Gasteiger partial charge in [0.1, 0.15) is 0 Å². The standard InChI is InChI=1S/C16H24N4/c1-5-16(2,20(3)4)15(19-17)13-10-12-8-6-7-9-14(12)18-11-13/h6-11,15,19H,5,17H2,1-4H3. The van der Waals surface area contributed by atoms with Gasteiger partial charge in [-0.05, 0) is 45.1 Å². The summed E-state index contributed by atoms with van der Waals surface area (Å²) in [5.41, 5.74) is 5.03. The normalized spacial score (nSPS) is 16.3. The first-order valence-corrected chi connectivity index (χ1v) is 7.01. The zero-order valence-electron chi connectivity index (χ0n) is 12.7. The summed E-state index contributed by atoms with van der Waals surface area (Å²) in [4.78, 5) is 6.76. The summed E-state index contributed by atoms with van der Waals surface area (Å²) in [6.45, 7) is 4.39. The molecule has 2 aromatic rings. The molecule has 20 heavy (non-hydrogen) atoms. The summed E-state index contributed by atoms with van der Waals surface area (Å²) < 4.78 is 0. The molecule has 2 atom stereocenters. The van der Waals surface area contributed by atoms with Crippen LogP contribution in [0.4, 0.5) is 0 Å². The van der Waals surface area contributed by atoms with E-state index in [9.17, 15) is 0 Å². The van der Waals surface area contributed by atoms with E-state index in [1.165, 1.54) is 0 Å². The number of hydrogen-bond acceptors (Lipinski definition) is 4. The quantitative estimate of drug-likeness (QED) is 0.648. The maximum absolute atomic E-state index is 5.84. The van der Waals surface area contributed by atoms with Crippen molar-refractivity contribution in [2.24, 2.45) is 5.84 Å². The lowest BCUT2D eigenvalue weighted by atomic mass is 9.84. The molecule has 3 N–H and O–H groups in total. The lowest BCUT2D eigenvalue weighted by Gasteiger charge is -2.42. The Bertz CT molecular complexity index is 581. The van der Waals surface area contributed by atoms with E-state index < -0.39 is 0 Å². The highest BCUT2D eigenvalue weighted by molar-refractivity contribution is 5.78. The molecule has 2 rings (SSSR count). The van der Waals surface area contributed by atoms with Crippen LogP contribution in [-0.2, 0) is 0 Å². The molecule has 0 fully saturated rings. The fourth-order valence-corrected chi connectivity index (χ4v) is 2.66. The van der Waals surface area contributed by atoms with Crippen molar-refractivity contribution < 1.29 is 0 Å². The van der Waals surface area contributed by atoms with E-state index >= 15 is 0 Å². The summed E-state index contributed by atoms with van der Waals surface area (Å²) in [7, 11) is 4.17. The third kappa shape index (κ3) is 2.54. The molecule has 0 bridgehead atoms. The monoisotopic (exact) mass is 272 g/mol. The van der Waals surface area contributed by atoms with Crippen molar-refractivity contribution in [3.05, 3.63) is 42.1 Å². The lowest BCUT2D eigenvalue weighted by molar-refractivity contribution is 0.113. The van der Waals surface area contributed by atoms with Gasteiger partial charge in [0.2, 0.25) is 0 Å². The van der Waals surface area contributed by atoms with Gasteiger partial charge in [0.25, 0.3) is 0 Å². The highest BCUT2D eigenvalue weighted by Gasteiger charge is 2.35. The highest BCUT2D eigenvalue weighted by atomic mass is 15.3. The number of fused-ring (bicyclic) bond motifs is 1. The molecule has 0 spiro atoms. The van der Waals surface area contributed by atoms with Crippen molar-refractivity contribution in [2.45, 2.75) is 31.8 Å². The molecule has 0 aliphatic carbocycles. The molecule has 4 heteroatoms. The second-order valence-corrected chi connectivity index (χ2v) is 5.67. The van der Waals surface area contributed by atoms with Crippen LogP contribution >= 0.6 is 0 Å². The van der Waals surface area contributed by atoms with Crippen molar-refractivity contribution in [1.29, 1.82) is 0 Å². The summed E-state index contributed by atoms with van der Waals surface area (Å²) >= 11 is 0. The van der Waals surface area contributed by atoms with E-state index in [1.807, 2.05) is 24.4 Å². The molecule has 108 valence electrons. The Morgan fingerprint density at radius 1 is 1.35 bits per heavy atom. The highest BCUT2D eigenvalue weighted by Crippen LogP contribution is 2.32. The zero-order valence-corrected chi connectivity index (χ0v) is 12.7. The van der Waals surface area contributed by atoms with Crippen LogP contribution in [0.25, 0.3) is 10.9 Å². The van der Waals surface area contributed by atoms with Crippen LogP contribution in [0.15, 0.2) is 36.5 Å². The van der Waals surface area contributed by atoms with Gasteiger partial charge in [-0.2, -0.15) is 0 Å². The lowest BCUT2D eigenvalue weighted by Crippen LogP contribution is -2.53. The van der Waals surface area contributed by atoms with Gasteiger partial charge in [-0.3, -0.25) is 16.3 Å². The van der Waals surface area contributed by atoms with Gasteiger partial charge in [-0.1, -0.05) is 25.1 Å². The van der Waals surface area contributed by atoms with Crippen LogP contribution in [0.2, 0.25) is 0 Å². The predicted octanol–water partition coefficient (Wildman–Crippen LogP) is 2.47. The number of nitrogens with zero attached hydrogens (tertiary/aromatic N) is 2. The Hall–Kier alpha value is -1.49. The maximum atomic E-state index is 5.84. The average molecular weight is 272 g/mol. The van der Waals surface area contributed by atoms with Gasteiger partial charge in [-0.25, -0.2) is 0 Å². The van der Waals surface area contributed by atoms with Gasteiger partial charge in [-0.15, -0.1) is 0 Å². The van der Waals surface area contributed by atoms with Gasteiger partial charge in [0.05, 0.1) is 11.6 Å². The van der Waals surface area contributed by atoms with Crippen LogP contribution in [0, 0.1) is 0 Å². The number of nitrogens with two attached hydrogens (primary N) is 1. The molecule has 1 aromatic heterocycles. The predicted molar refractivity (Wildman–Crippen MR) is 84.2 cm³/mol. The number of nitrogens with one attached hydrogen (secondary N) is 1. The molecule has 0 aliphatic rings. The number of pyridine rings is 1. The maximum Gasteiger partial charge on any atom is 0.0702 e. The van der Waals surface area contributed by atoms with Crippen LogP contribution < -0.4 is 11.3 Å². The Morgan fingerprint density at radius 2 is 2.05 bits per heavy atom. The third-order valence-corrected chi connectivity index (χ3v) is 4.47. The summed E-state index contributed by atoms with van der Waals surface area (Å²) in [5, 5.41) is 1.14. The van der Waals surface area contributed by atoms with Gasteiger partial charge >= 0.3 is 0 Å². The largest absolute Gasteiger partial charge is 0.302 e. The van der Waals surface area contributed by atoms with Crippen molar-refractivity contribution in [3.63, 3.8) is 0 Å². The molecule has 2 unspecified atom stereocenters. The van der Waals surface area contributed by atoms with E-state index in [4.69, 9.17) is 5.84 Å². The summed E-state index contributed by atoms with van der Waals surface area (Å²) in [5.74, 6) is 5.84. The minimum absolute atomic E-state index is 0.0274. The molecule has 0 saturated carbocycles. The fourth-order valence-electron chi connectivity index (χ4n) is 2.66. The smallest absolute Gasteiger partial charge is 0.0702 e. The van der Waals surface area contributed by atoms with E-state index in [1.54, 1.807) is 0 Å². The van der Waals surface area contributed by atoms with Crippen molar-refractivity contribution >= 4 is 10.9 Å². The topological polar surface area (TPSA) is 54.2 Å². The molecule has 1 heterocycles. The van der Waals surface area contributed by atoms with Crippen molar-refractivity contribution in [2.75, 3.05) is 14.1 Å². The van der Waals surface area contributed by atoms with Crippen molar-refractivity contribution in [3.8, 4) is 0 Å². The number of likely N-dealkylation sites (N-methyl/N-ethyl adjacent to an activating group) is 1. The molecular formula is C16H24N4. The van der Waals surface area contributed by atoms with E-state index in [0.29, 0.717) is 0 Å². The first kappa shape index (κ1) is 14.9. The molecule has 0 aliphatic heterocycles. The Kier molecular flexibility index (Phi) is 4.38. The van der Waals surface area contributed by atoms with Crippen LogP contribution in [0.1, 0.15) is 31.9 Å². The molecule has 0 saturated heterocycles. The average Bonchev–Trinajstić information content (AvgIpc) is 2.47. The number of benzene rings is 1. The second-order valence-electron chi connectivity index (χ2n) is 5.67. The minimum atomic E-state index is -0.0705. The summed E-state index contributed by atoms with van der Waals surface area (Å²) in [6, 6.07) is 10.3. The molecule has 0 radical (unpaired) electrons. The number of hydrazine groups is 1. The molecule has 0 amide bonds. The zero-order chi connectivity index (χ0) is 14.8. The Morgan fingerprint density at radius 3 is 2.65 bits per heavy atom. The number of rotatable bonds is 5. The molecular weight excluding hydrogens is 248 g/mol. The van der Waals surface area contributed by atoms with E-state index in [2.05, 4.69) is 55.4 Å². The Labute approximate surface area is 121 Å². The van der Waals surface area contributed by atoms with Crippen molar-refractivity contribution in [1.82, 2.24) is 15.3 Å². The van der Waals surface area contributed by atoms with Gasteiger partial charge in [0, 0.05) is 17.1 Å². The Balaban J connectivity index is 2.48. The SMILES string of the molecule is CCC(C)(C(NN)c1cnc2ccccc2c1)N(C)C. The van der Waals surface area contributed by atoms with E-state index in [0.717, 1.165) is 22.9 Å². The van der Waals surface area contributed by atoms with Crippen LogP contribution in [0.5, 0.6) is 0 Å². The van der Waals surface area contributed by atoms with Crippen LogP contribution in [0.3, 0.4) is 0 Å². The first-order valence-electron chi connectivity index (χ1n) is 7.01. The van der Waals surface area contributed by atoms with E-state index in [-0.39, 0.29) is 11.6 Å². The molecule has 4 nitrogen and oxygen atoms in total. The number of aromatic nitrogens is 1. The van der Waals surface area contributed by atoms with Gasteiger partial charge in [0.15, 0.2) is 0 Å². The number of hydrogen-bond donors (Lipinski definition) is 2. The second kappa shape index (κ2) is 5.87. The summed E-state index contributed by atoms with van der Waals surface area (Å²) in [6.07, 6.45) is 2.91. The number of para-hydroxylation sites is 1. The van der Waals surface area contributed by atoms with Crippen LogP contribution in [-0.4, -0.2) is 29.5 Å². The van der Waals surface area contributed by atoms with Gasteiger partial charge < -0.3 is 4.90 Å². The first-order chi connectivity index (χ1) is 9.52.